The molecule has 1 aliphatic heterocycles. The number of para-hydroxylation sites is 2. The molecule has 4 nitrogen and oxygen atoms in total. The van der Waals surface area contributed by atoms with Crippen molar-refractivity contribution in [2.24, 2.45) is 5.92 Å². The lowest BCUT2D eigenvalue weighted by atomic mass is 9.99. The van der Waals surface area contributed by atoms with E-state index in [9.17, 15) is 4.79 Å². The molecule has 0 bridgehead atoms. The number of amides is 1. The fourth-order valence-corrected chi connectivity index (χ4v) is 2.43. The molecule has 0 aromatic heterocycles. The summed E-state index contributed by atoms with van der Waals surface area (Å²) in [5.41, 5.74) is 0. The minimum absolute atomic E-state index is 0.155. The van der Waals surface area contributed by atoms with Crippen molar-refractivity contribution in [3.8, 4) is 11.5 Å². The number of methoxy groups -OCH3 is 1. The molecule has 4 heteroatoms. The number of carbonyl (C=O) groups excluding carboxylic acids is 1. The molecular formula is C15H21NO3. The van der Waals surface area contributed by atoms with E-state index < -0.39 is 0 Å². The number of likely N-dealkylation sites (tertiary alicyclic amines) is 1. The van der Waals surface area contributed by atoms with Gasteiger partial charge in [0.25, 0.3) is 0 Å². The van der Waals surface area contributed by atoms with Crippen LogP contribution in [0.15, 0.2) is 24.3 Å². The quantitative estimate of drug-likeness (QED) is 0.837. The molecule has 1 aromatic carbocycles. The van der Waals surface area contributed by atoms with Crippen LogP contribution in [0.1, 0.15) is 19.8 Å². The lowest BCUT2D eigenvalue weighted by molar-refractivity contribution is -0.130. The second-order valence-corrected chi connectivity index (χ2v) is 4.94. The summed E-state index contributed by atoms with van der Waals surface area (Å²) in [6.07, 6.45) is 2.17. The molecule has 0 radical (unpaired) electrons. The normalized spacial score (nSPS) is 19.1. The van der Waals surface area contributed by atoms with Gasteiger partial charge in [-0.15, -0.1) is 0 Å². The summed E-state index contributed by atoms with van der Waals surface area (Å²) in [5.74, 6) is 2.08. The van der Waals surface area contributed by atoms with E-state index in [1.165, 1.54) is 0 Å². The molecule has 1 aromatic rings. The van der Waals surface area contributed by atoms with E-state index in [0.29, 0.717) is 12.5 Å². The Bertz CT molecular complexity index is 433. The van der Waals surface area contributed by atoms with Crippen LogP contribution in [0.3, 0.4) is 0 Å². The van der Waals surface area contributed by atoms with Crippen molar-refractivity contribution in [1.29, 1.82) is 0 Å². The van der Waals surface area contributed by atoms with Gasteiger partial charge in [-0.2, -0.15) is 0 Å². The van der Waals surface area contributed by atoms with Gasteiger partial charge >= 0.3 is 0 Å². The fourth-order valence-electron chi connectivity index (χ4n) is 2.43. The highest BCUT2D eigenvalue weighted by Gasteiger charge is 2.22. The Labute approximate surface area is 114 Å². The molecular weight excluding hydrogens is 242 g/mol. The minimum atomic E-state index is 0.155. The van der Waals surface area contributed by atoms with Crippen LogP contribution in [0.5, 0.6) is 11.5 Å². The Morgan fingerprint density at radius 2 is 2.11 bits per heavy atom. The van der Waals surface area contributed by atoms with Crippen molar-refractivity contribution < 1.29 is 14.3 Å². The molecule has 0 unspecified atom stereocenters. The van der Waals surface area contributed by atoms with E-state index in [1.807, 2.05) is 29.2 Å². The summed E-state index contributed by atoms with van der Waals surface area (Å²) in [7, 11) is 1.64. The van der Waals surface area contributed by atoms with E-state index in [4.69, 9.17) is 9.47 Å². The van der Waals surface area contributed by atoms with Crippen LogP contribution in [-0.2, 0) is 4.79 Å². The van der Waals surface area contributed by atoms with Crippen LogP contribution < -0.4 is 9.47 Å². The fraction of sp³-hybridized carbons (Fsp3) is 0.533. The molecule has 0 N–H and O–H groups in total. The maximum absolute atomic E-state index is 11.4. The highest BCUT2D eigenvalue weighted by atomic mass is 16.5. The SMILES string of the molecule is COc1ccccc1OC[C@H]1CCCN(C(C)=O)C1. The van der Waals surface area contributed by atoms with Gasteiger partial charge < -0.3 is 14.4 Å². The Balaban J connectivity index is 1.89. The summed E-state index contributed by atoms with van der Waals surface area (Å²) in [6.45, 7) is 3.93. The molecule has 1 atom stereocenters. The highest BCUT2D eigenvalue weighted by Crippen LogP contribution is 2.27. The van der Waals surface area contributed by atoms with E-state index in [1.54, 1.807) is 14.0 Å². The Kier molecular flexibility index (Phi) is 4.66. The first-order valence-electron chi connectivity index (χ1n) is 6.72. The molecule has 1 fully saturated rings. The van der Waals surface area contributed by atoms with Crippen LogP contribution in [0.25, 0.3) is 0 Å². The number of nitrogens with zero attached hydrogens (tertiary/aromatic N) is 1. The molecule has 104 valence electrons. The molecule has 1 heterocycles. The standard InChI is InChI=1S/C15H21NO3/c1-12(17)16-9-5-6-13(10-16)11-19-15-8-4-3-7-14(15)18-2/h3-4,7-8,13H,5-6,9-11H2,1-2H3/t13-/m0/s1. The van der Waals surface area contributed by atoms with E-state index in [2.05, 4.69) is 0 Å². The van der Waals surface area contributed by atoms with Crippen LogP contribution in [-0.4, -0.2) is 37.6 Å². The number of rotatable bonds is 4. The van der Waals surface area contributed by atoms with Gasteiger partial charge in [-0.1, -0.05) is 12.1 Å². The van der Waals surface area contributed by atoms with Crippen molar-refractivity contribution in [1.82, 2.24) is 4.90 Å². The van der Waals surface area contributed by atoms with Crippen LogP contribution in [0.4, 0.5) is 0 Å². The average Bonchev–Trinajstić information content (AvgIpc) is 2.45. The van der Waals surface area contributed by atoms with Gasteiger partial charge in [0, 0.05) is 25.9 Å². The second kappa shape index (κ2) is 6.45. The van der Waals surface area contributed by atoms with E-state index in [-0.39, 0.29) is 5.91 Å². The first-order chi connectivity index (χ1) is 9.20. The Hall–Kier alpha value is -1.71. The Morgan fingerprint density at radius 1 is 1.37 bits per heavy atom. The molecule has 0 aliphatic carbocycles. The number of hydrogen-bond acceptors (Lipinski definition) is 3. The number of benzene rings is 1. The van der Waals surface area contributed by atoms with Crippen molar-refractivity contribution in [2.45, 2.75) is 19.8 Å². The zero-order valence-corrected chi connectivity index (χ0v) is 11.6. The maximum Gasteiger partial charge on any atom is 0.219 e. The third-order valence-electron chi connectivity index (χ3n) is 3.51. The molecule has 1 amide bonds. The molecule has 1 saturated heterocycles. The number of ether oxygens (including phenoxy) is 2. The Morgan fingerprint density at radius 3 is 2.79 bits per heavy atom. The predicted molar refractivity (Wildman–Crippen MR) is 73.5 cm³/mol. The number of hydrogen-bond donors (Lipinski definition) is 0. The van der Waals surface area contributed by atoms with Gasteiger partial charge in [0.15, 0.2) is 11.5 Å². The zero-order valence-electron chi connectivity index (χ0n) is 11.6. The predicted octanol–water partition coefficient (Wildman–Crippen LogP) is 2.33. The van der Waals surface area contributed by atoms with Crippen molar-refractivity contribution in [3.63, 3.8) is 0 Å². The van der Waals surface area contributed by atoms with Gasteiger partial charge in [-0.25, -0.2) is 0 Å². The summed E-state index contributed by atoms with van der Waals surface area (Å²) < 4.78 is 11.1. The number of carbonyl (C=O) groups is 1. The monoisotopic (exact) mass is 263 g/mol. The first kappa shape index (κ1) is 13.7. The van der Waals surface area contributed by atoms with Gasteiger partial charge in [0.05, 0.1) is 13.7 Å². The van der Waals surface area contributed by atoms with Gasteiger partial charge in [0.2, 0.25) is 5.91 Å². The molecule has 1 aliphatic rings. The van der Waals surface area contributed by atoms with E-state index in [0.717, 1.165) is 37.4 Å². The summed E-state index contributed by atoms with van der Waals surface area (Å²) in [6, 6.07) is 7.65. The summed E-state index contributed by atoms with van der Waals surface area (Å²) in [5, 5.41) is 0. The van der Waals surface area contributed by atoms with E-state index >= 15 is 0 Å². The largest absolute Gasteiger partial charge is 0.493 e. The highest BCUT2D eigenvalue weighted by molar-refractivity contribution is 5.73. The number of piperidine rings is 1. The lowest BCUT2D eigenvalue weighted by Gasteiger charge is -2.32. The molecule has 2 rings (SSSR count). The van der Waals surface area contributed by atoms with Gasteiger partial charge in [0.1, 0.15) is 0 Å². The molecule has 19 heavy (non-hydrogen) atoms. The van der Waals surface area contributed by atoms with Gasteiger partial charge in [-0.05, 0) is 25.0 Å². The molecule has 0 spiro atoms. The van der Waals surface area contributed by atoms with Gasteiger partial charge in [-0.3, -0.25) is 4.79 Å². The average molecular weight is 263 g/mol. The third kappa shape index (κ3) is 3.63. The minimum Gasteiger partial charge on any atom is -0.493 e. The zero-order chi connectivity index (χ0) is 13.7. The topological polar surface area (TPSA) is 38.8 Å². The lowest BCUT2D eigenvalue weighted by Crippen LogP contribution is -2.40. The summed E-state index contributed by atoms with van der Waals surface area (Å²) in [4.78, 5) is 13.3. The van der Waals surface area contributed by atoms with Crippen LogP contribution >= 0.6 is 0 Å². The van der Waals surface area contributed by atoms with Crippen molar-refractivity contribution in [3.05, 3.63) is 24.3 Å². The van der Waals surface area contributed by atoms with Crippen molar-refractivity contribution in [2.75, 3.05) is 26.8 Å². The van der Waals surface area contributed by atoms with Crippen LogP contribution in [0, 0.1) is 5.92 Å². The maximum atomic E-state index is 11.4. The van der Waals surface area contributed by atoms with Crippen molar-refractivity contribution >= 4 is 5.91 Å². The molecule has 0 saturated carbocycles. The smallest absolute Gasteiger partial charge is 0.219 e. The third-order valence-corrected chi connectivity index (χ3v) is 3.51. The first-order valence-corrected chi connectivity index (χ1v) is 6.72. The van der Waals surface area contributed by atoms with Crippen LogP contribution in [0.2, 0.25) is 0 Å². The summed E-state index contributed by atoms with van der Waals surface area (Å²) >= 11 is 0. The second-order valence-electron chi connectivity index (χ2n) is 4.94.